The highest BCUT2D eigenvalue weighted by Gasteiger charge is 2.34. The van der Waals surface area contributed by atoms with Gasteiger partial charge in [0.05, 0.1) is 16.7 Å². The number of pyridine rings is 1. The number of piperazine rings is 1. The second-order valence-corrected chi connectivity index (χ2v) is 10.6. The number of anilines is 1. The fourth-order valence-electron chi connectivity index (χ4n) is 4.88. The van der Waals surface area contributed by atoms with Crippen molar-refractivity contribution in [3.05, 3.63) is 69.7 Å². The predicted molar refractivity (Wildman–Crippen MR) is 134 cm³/mol. The standard InChI is InChI=1S/C25H32F3N5OS/c1-15-12-18-14-20(22(26)25(31(18)4)32-8-10-33(11-9-32)35(5)34)19(13-15)17(3)30-21-7-6-16(2)29-23(21)24(27)28/h6-7,12-13,17,24,30H,8-11,14H2,1-5H3/t17-,35?/m1/s1. The number of rotatable bonds is 6. The molecule has 1 fully saturated rings. The number of aromatic nitrogens is 1. The van der Waals surface area contributed by atoms with E-state index in [0.717, 1.165) is 16.8 Å². The van der Waals surface area contributed by atoms with Crippen LogP contribution in [0.1, 0.15) is 38.1 Å². The molecule has 1 N–H and O–H groups in total. The van der Waals surface area contributed by atoms with Crippen molar-refractivity contribution in [3.8, 4) is 0 Å². The molecule has 0 amide bonds. The van der Waals surface area contributed by atoms with E-state index in [9.17, 15) is 13.0 Å². The molecule has 190 valence electrons. The van der Waals surface area contributed by atoms with Crippen molar-refractivity contribution in [2.24, 2.45) is 0 Å². The number of nitrogens with zero attached hydrogens (tertiary/aromatic N) is 4. The summed E-state index contributed by atoms with van der Waals surface area (Å²) >= 11 is 0. The van der Waals surface area contributed by atoms with E-state index in [0.29, 0.717) is 49.7 Å². The zero-order valence-corrected chi connectivity index (χ0v) is 21.6. The summed E-state index contributed by atoms with van der Waals surface area (Å²) in [4.78, 5) is 7.90. The third-order valence-electron chi connectivity index (χ3n) is 6.70. The average Bonchev–Trinajstić information content (AvgIpc) is 2.97. The number of aryl methyl sites for hydroxylation is 1. The zero-order valence-electron chi connectivity index (χ0n) is 20.7. The van der Waals surface area contributed by atoms with E-state index in [1.54, 1.807) is 25.3 Å². The van der Waals surface area contributed by atoms with Gasteiger partial charge in [-0.25, -0.2) is 26.7 Å². The lowest BCUT2D eigenvalue weighted by atomic mass is 9.94. The number of alkyl halides is 2. The molecule has 35 heavy (non-hydrogen) atoms. The van der Waals surface area contributed by atoms with E-state index in [-0.39, 0.29) is 17.2 Å². The monoisotopic (exact) mass is 507 g/mol. The maximum Gasteiger partial charge on any atom is 0.282 e. The summed E-state index contributed by atoms with van der Waals surface area (Å²) in [5.41, 5.74) is 3.67. The smallest absolute Gasteiger partial charge is 0.282 e. The molecule has 0 saturated carbocycles. The lowest BCUT2D eigenvalue weighted by Gasteiger charge is -2.42. The highest BCUT2D eigenvalue weighted by atomic mass is 32.2. The lowest BCUT2D eigenvalue weighted by molar-refractivity contribution is 0.146. The van der Waals surface area contributed by atoms with Crippen molar-refractivity contribution in [3.63, 3.8) is 0 Å². The van der Waals surface area contributed by atoms with Crippen LogP contribution in [0.2, 0.25) is 0 Å². The van der Waals surface area contributed by atoms with Crippen molar-refractivity contribution >= 4 is 16.7 Å². The van der Waals surface area contributed by atoms with Gasteiger partial charge in [-0.1, -0.05) is 6.08 Å². The first-order valence-corrected chi connectivity index (χ1v) is 13.2. The van der Waals surface area contributed by atoms with Gasteiger partial charge in [0.1, 0.15) is 11.5 Å². The third-order valence-corrected chi connectivity index (χ3v) is 7.80. The first kappa shape index (κ1) is 25.5. The Kier molecular flexibility index (Phi) is 7.42. The van der Waals surface area contributed by atoms with E-state index in [1.807, 2.05) is 47.2 Å². The summed E-state index contributed by atoms with van der Waals surface area (Å²) in [7, 11) is 0.817. The molecule has 0 radical (unpaired) electrons. The molecule has 0 aromatic carbocycles. The lowest BCUT2D eigenvalue weighted by Crippen LogP contribution is -2.49. The van der Waals surface area contributed by atoms with Crippen LogP contribution in [0.4, 0.5) is 18.9 Å². The molecular weight excluding hydrogens is 475 g/mol. The number of nitrogens with one attached hydrogen (secondary N) is 1. The second kappa shape index (κ2) is 10.2. The van der Waals surface area contributed by atoms with Gasteiger partial charge in [0.15, 0.2) is 5.83 Å². The van der Waals surface area contributed by atoms with Crippen LogP contribution in [-0.4, -0.2) is 68.8 Å². The summed E-state index contributed by atoms with van der Waals surface area (Å²) in [5.74, 6) is 0.193. The number of allylic oxidation sites excluding steroid dienone is 4. The Balaban J connectivity index is 1.71. The van der Waals surface area contributed by atoms with Crippen molar-refractivity contribution in [2.75, 3.05) is 44.8 Å². The Hall–Kier alpha value is -2.59. The summed E-state index contributed by atoms with van der Waals surface area (Å²) in [5, 5.41) is 3.16. The molecule has 1 aromatic rings. The van der Waals surface area contributed by atoms with Crippen LogP contribution >= 0.6 is 0 Å². The Morgan fingerprint density at radius 3 is 2.43 bits per heavy atom. The Morgan fingerprint density at radius 2 is 1.80 bits per heavy atom. The summed E-state index contributed by atoms with van der Waals surface area (Å²) in [6.45, 7) is 7.79. The van der Waals surface area contributed by atoms with Gasteiger partial charge in [-0.3, -0.25) is 0 Å². The van der Waals surface area contributed by atoms with Crippen molar-refractivity contribution < 1.29 is 17.4 Å². The van der Waals surface area contributed by atoms with Gasteiger partial charge in [0, 0.05) is 68.9 Å². The van der Waals surface area contributed by atoms with Crippen molar-refractivity contribution in [1.29, 1.82) is 0 Å². The minimum atomic E-state index is -2.72. The maximum atomic E-state index is 16.2. The summed E-state index contributed by atoms with van der Waals surface area (Å²) in [6.07, 6.45) is 3.32. The van der Waals surface area contributed by atoms with Crippen LogP contribution in [0, 0.1) is 6.92 Å². The van der Waals surface area contributed by atoms with Crippen molar-refractivity contribution in [1.82, 2.24) is 19.1 Å². The van der Waals surface area contributed by atoms with Gasteiger partial charge in [-0.2, -0.15) is 0 Å². The zero-order chi connectivity index (χ0) is 25.4. The molecule has 2 bridgehead atoms. The molecule has 1 aliphatic carbocycles. The van der Waals surface area contributed by atoms with E-state index in [4.69, 9.17) is 0 Å². The molecule has 10 heteroatoms. The minimum absolute atomic E-state index is 0.246. The van der Waals surface area contributed by atoms with Crippen LogP contribution in [0.15, 0.2) is 58.3 Å². The largest absolute Gasteiger partial charge is 0.377 e. The van der Waals surface area contributed by atoms with Gasteiger partial charge in [0.2, 0.25) is 0 Å². The number of hydrogen-bond donors (Lipinski definition) is 1. The molecular formula is C25H32F3N5OS. The van der Waals surface area contributed by atoms with Crippen LogP contribution in [0.5, 0.6) is 0 Å². The van der Waals surface area contributed by atoms with E-state index in [2.05, 4.69) is 10.3 Å². The van der Waals surface area contributed by atoms with Crippen LogP contribution in [0.3, 0.4) is 0 Å². The Bertz CT molecular complexity index is 1150. The number of fused-ring (bicyclic) bond motifs is 2. The van der Waals surface area contributed by atoms with Gasteiger partial charge in [0.25, 0.3) is 6.43 Å². The quantitative estimate of drug-likeness (QED) is 0.607. The molecule has 3 heterocycles. The second-order valence-electron chi connectivity index (χ2n) is 9.22. The Morgan fingerprint density at radius 1 is 1.11 bits per heavy atom. The summed E-state index contributed by atoms with van der Waals surface area (Å²) in [6, 6.07) is 2.86. The van der Waals surface area contributed by atoms with Gasteiger partial charge < -0.3 is 15.1 Å². The fraction of sp³-hybridized carbons (Fsp3) is 0.480. The highest BCUT2D eigenvalue weighted by molar-refractivity contribution is 7.81. The van der Waals surface area contributed by atoms with Crippen LogP contribution in [-0.2, 0) is 11.0 Å². The first-order chi connectivity index (χ1) is 16.6. The molecule has 2 aliphatic heterocycles. The molecule has 1 saturated heterocycles. The van der Waals surface area contributed by atoms with E-state index in [1.165, 1.54) is 0 Å². The van der Waals surface area contributed by atoms with E-state index < -0.39 is 23.5 Å². The fourth-order valence-corrected chi connectivity index (χ4v) is 5.56. The maximum absolute atomic E-state index is 16.2. The highest BCUT2D eigenvalue weighted by Crippen LogP contribution is 2.41. The van der Waals surface area contributed by atoms with Gasteiger partial charge in [-0.05, 0) is 50.1 Å². The van der Waals surface area contributed by atoms with Crippen LogP contribution in [0.25, 0.3) is 0 Å². The molecule has 1 aromatic heterocycles. The average molecular weight is 508 g/mol. The molecule has 4 rings (SSSR count). The molecule has 0 spiro atoms. The number of halogens is 3. The molecule has 2 atom stereocenters. The predicted octanol–water partition coefficient (Wildman–Crippen LogP) is 4.65. The van der Waals surface area contributed by atoms with Crippen LogP contribution < -0.4 is 5.32 Å². The minimum Gasteiger partial charge on any atom is -0.377 e. The Labute approximate surface area is 207 Å². The van der Waals surface area contributed by atoms with Gasteiger partial charge >= 0.3 is 0 Å². The SMILES string of the molecule is CC1=CC([C@@H](C)Nc2ccc(C)nc2C(F)F)=C2CC(=C1)N(C)C(N1CCN(S(C)=O)CC1)=C2F. The first-order valence-electron chi connectivity index (χ1n) is 11.7. The molecule has 3 aliphatic rings. The topological polar surface area (TPSA) is 51.7 Å². The normalized spacial score (nSPS) is 21.2. The van der Waals surface area contributed by atoms with Gasteiger partial charge in [-0.15, -0.1) is 0 Å². The number of hydrogen-bond acceptors (Lipinski definition) is 5. The summed E-state index contributed by atoms with van der Waals surface area (Å²) < 4.78 is 57.2. The molecule has 1 unspecified atom stereocenters. The van der Waals surface area contributed by atoms with Crippen molar-refractivity contribution in [2.45, 2.75) is 39.7 Å². The third kappa shape index (κ3) is 5.18. The van der Waals surface area contributed by atoms with E-state index >= 15 is 4.39 Å². The molecule has 6 nitrogen and oxygen atoms in total.